The average molecular weight is 323 g/mol. The van der Waals surface area contributed by atoms with E-state index in [-0.39, 0.29) is 6.04 Å². The summed E-state index contributed by atoms with van der Waals surface area (Å²) in [5.41, 5.74) is 1.65. The highest BCUT2D eigenvalue weighted by molar-refractivity contribution is 7.88. The summed E-state index contributed by atoms with van der Waals surface area (Å²) in [5.74, 6) is 0. The molecule has 1 saturated heterocycles. The third-order valence-corrected chi connectivity index (χ3v) is 4.73. The molecule has 2 aromatic rings. The lowest BCUT2D eigenvalue weighted by Crippen LogP contribution is -2.41. The first-order valence-electron chi connectivity index (χ1n) is 7.60. The molecule has 22 heavy (non-hydrogen) atoms. The van der Waals surface area contributed by atoms with E-state index in [0.717, 1.165) is 43.3 Å². The minimum atomic E-state index is -3.14. The first-order valence-corrected chi connectivity index (χ1v) is 9.49. The van der Waals surface area contributed by atoms with Gasteiger partial charge in [0.05, 0.1) is 6.26 Å². The predicted molar refractivity (Wildman–Crippen MR) is 86.5 cm³/mol. The number of rotatable bonds is 5. The summed E-state index contributed by atoms with van der Waals surface area (Å²) in [5, 5.41) is 0. The number of fused-ring (bicyclic) bond motifs is 1. The smallest absolute Gasteiger partial charge is 0.298 e. The molecule has 120 valence electrons. The minimum Gasteiger partial charge on any atom is -0.423 e. The zero-order valence-corrected chi connectivity index (χ0v) is 13.5. The van der Waals surface area contributed by atoms with Crippen LogP contribution in [0.1, 0.15) is 25.7 Å². The maximum absolute atomic E-state index is 11.2. The molecule has 6 nitrogen and oxygen atoms in total. The molecule has 0 radical (unpaired) electrons. The van der Waals surface area contributed by atoms with Crippen LogP contribution < -0.4 is 9.62 Å². The first-order chi connectivity index (χ1) is 10.5. The van der Waals surface area contributed by atoms with E-state index in [1.165, 1.54) is 6.26 Å². The Morgan fingerprint density at radius 3 is 2.95 bits per heavy atom. The molecule has 0 amide bonds. The van der Waals surface area contributed by atoms with Gasteiger partial charge in [0.25, 0.3) is 6.01 Å². The zero-order chi connectivity index (χ0) is 15.6. The fraction of sp³-hybridized carbons (Fsp3) is 0.533. The number of aromatic nitrogens is 1. The third-order valence-electron chi connectivity index (χ3n) is 4.00. The fourth-order valence-corrected chi connectivity index (χ4v) is 3.43. The van der Waals surface area contributed by atoms with Crippen molar-refractivity contribution in [2.75, 3.05) is 24.2 Å². The summed E-state index contributed by atoms with van der Waals surface area (Å²) in [6.45, 7) is 1.34. The summed E-state index contributed by atoms with van der Waals surface area (Å²) >= 11 is 0. The topological polar surface area (TPSA) is 75.4 Å². The van der Waals surface area contributed by atoms with E-state index in [1.54, 1.807) is 0 Å². The Bertz CT molecular complexity index is 708. The molecule has 1 fully saturated rings. The molecule has 1 N–H and O–H groups in total. The number of anilines is 1. The monoisotopic (exact) mass is 323 g/mol. The van der Waals surface area contributed by atoms with E-state index in [9.17, 15) is 8.42 Å². The van der Waals surface area contributed by atoms with E-state index < -0.39 is 10.0 Å². The highest BCUT2D eigenvalue weighted by atomic mass is 32.2. The van der Waals surface area contributed by atoms with Crippen molar-refractivity contribution in [2.24, 2.45) is 0 Å². The Hall–Kier alpha value is -1.60. The summed E-state index contributed by atoms with van der Waals surface area (Å²) < 4.78 is 30.8. The van der Waals surface area contributed by atoms with Crippen molar-refractivity contribution in [1.29, 1.82) is 0 Å². The highest BCUT2D eigenvalue weighted by Crippen LogP contribution is 2.28. The Morgan fingerprint density at radius 2 is 2.18 bits per heavy atom. The van der Waals surface area contributed by atoms with Crippen molar-refractivity contribution in [2.45, 2.75) is 31.7 Å². The van der Waals surface area contributed by atoms with Crippen LogP contribution in [0, 0.1) is 0 Å². The maximum atomic E-state index is 11.2. The Labute approximate surface area is 130 Å². The van der Waals surface area contributed by atoms with Crippen molar-refractivity contribution in [3.05, 3.63) is 24.3 Å². The molecule has 7 heteroatoms. The van der Waals surface area contributed by atoms with Crippen molar-refractivity contribution in [3.8, 4) is 0 Å². The Morgan fingerprint density at radius 1 is 1.36 bits per heavy atom. The van der Waals surface area contributed by atoms with Crippen LogP contribution in [-0.4, -0.2) is 38.8 Å². The molecule has 1 atom stereocenters. The lowest BCUT2D eigenvalue weighted by molar-refractivity contribution is 0.407. The summed E-state index contributed by atoms with van der Waals surface area (Å²) in [4.78, 5) is 6.74. The van der Waals surface area contributed by atoms with Gasteiger partial charge in [-0.3, -0.25) is 0 Å². The van der Waals surface area contributed by atoms with Crippen molar-refractivity contribution in [3.63, 3.8) is 0 Å². The average Bonchev–Trinajstić information content (AvgIpc) is 2.90. The number of hydrogen-bond acceptors (Lipinski definition) is 5. The second-order valence-corrected chi connectivity index (χ2v) is 7.60. The standard InChI is InChI=1S/C15H21N3O3S/c1-22(19,20)16-10-9-12-6-4-5-11-18(12)15-17-13-7-2-3-8-14(13)21-15/h2-3,7-8,12,16H,4-6,9-11H2,1H3/t12-/m1/s1. The van der Waals surface area contributed by atoms with Gasteiger partial charge >= 0.3 is 0 Å². The van der Waals surface area contributed by atoms with Crippen LogP contribution in [0.2, 0.25) is 0 Å². The molecule has 0 saturated carbocycles. The second kappa shape index (κ2) is 6.26. The largest absolute Gasteiger partial charge is 0.423 e. The summed E-state index contributed by atoms with van der Waals surface area (Å²) in [6, 6.07) is 8.63. The molecule has 1 aliphatic heterocycles. The van der Waals surface area contributed by atoms with Gasteiger partial charge in [-0.2, -0.15) is 4.98 Å². The molecule has 0 bridgehead atoms. The molecule has 0 aliphatic carbocycles. The van der Waals surface area contributed by atoms with Crippen LogP contribution in [0.4, 0.5) is 6.01 Å². The van der Waals surface area contributed by atoms with Crippen LogP contribution in [0.5, 0.6) is 0 Å². The number of sulfonamides is 1. The molecule has 1 aromatic carbocycles. The van der Waals surface area contributed by atoms with Crippen molar-refractivity contribution >= 4 is 27.1 Å². The Kier molecular flexibility index (Phi) is 4.35. The van der Waals surface area contributed by atoms with Gasteiger partial charge in [0.1, 0.15) is 5.52 Å². The molecular weight excluding hydrogens is 302 g/mol. The number of nitrogens with zero attached hydrogens (tertiary/aromatic N) is 2. The highest BCUT2D eigenvalue weighted by Gasteiger charge is 2.26. The van der Waals surface area contributed by atoms with Gasteiger partial charge in [0.2, 0.25) is 10.0 Å². The van der Waals surface area contributed by atoms with Crippen LogP contribution in [-0.2, 0) is 10.0 Å². The number of hydrogen-bond donors (Lipinski definition) is 1. The van der Waals surface area contributed by atoms with Gasteiger partial charge in [-0.05, 0) is 37.8 Å². The lowest BCUT2D eigenvalue weighted by atomic mass is 10.00. The number of oxazole rings is 1. The summed E-state index contributed by atoms with van der Waals surface area (Å²) in [7, 11) is -3.14. The molecule has 0 unspecified atom stereocenters. The maximum Gasteiger partial charge on any atom is 0.298 e. The quantitative estimate of drug-likeness (QED) is 0.912. The zero-order valence-electron chi connectivity index (χ0n) is 12.7. The van der Waals surface area contributed by atoms with Gasteiger partial charge in [-0.1, -0.05) is 12.1 Å². The number of piperidine rings is 1. The van der Waals surface area contributed by atoms with Gasteiger partial charge in [0.15, 0.2) is 5.58 Å². The van der Waals surface area contributed by atoms with Crippen LogP contribution in [0.3, 0.4) is 0 Å². The van der Waals surface area contributed by atoms with E-state index in [2.05, 4.69) is 14.6 Å². The number of nitrogens with one attached hydrogen (secondary N) is 1. The van der Waals surface area contributed by atoms with Crippen LogP contribution in [0.25, 0.3) is 11.1 Å². The predicted octanol–water partition coefficient (Wildman–Crippen LogP) is 2.13. The minimum absolute atomic E-state index is 0.260. The fourth-order valence-electron chi connectivity index (χ4n) is 2.95. The van der Waals surface area contributed by atoms with Crippen molar-refractivity contribution in [1.82, 2.24) is 9.71 Å². The second-order valence-electron chi connectivity index (χ2n) is 5.76. The SMILES string of the molecule is CS(=O)(=O)NCC[C@H]1CCCCN1c1nc2ccccc2o1. The van der Waals surface area contributed by atoms with E-state index in [1.807, 2.05) is 24.3 Å². The molecular formula is C15H21N3O3S. The number of para-hydroxylation sites is 2. The van der Waals surface area contributed by atoms with Crippen LogP contribution >= 0.6 is 0 Å². The van der Waals surface area contributed by atoms with Gasteiger partial charge < -0.3 is 9.32 Å². The lowest BCUT2D eigenvalue weighted by Gasteiger charge is -2.34. The molecule has 2 heterocycles. The first kappa shape index (κ1) is 15.3. The summed E-state index contributed by atoms with van der Waals surface area (Å²) in [6.07, 6.45) is 5.23. The molecule has 0 spiro atoms. The normalized spacial score (nSPS) is 19.7. The Balaban J connectivity index is 1.74. The van der Waals surface area contributed by atoms with Gasteiger partial charge in [-0.25, -0.2) is 13.1 Å². The van der Waals surface area contributed by atoms with Crippen LogP contribution in [0.15, 0.2) is 28.7 Å². The van der Waals surface area contributed by atoms with E-state index in [4.69, 9.17) is 4.42 Å². The third kappa shape index (κ3) is 3.59. The molecule has 3 rings (SSSR count). The number of benzene rings is 1. The van der Waals surface area contributed by atoms with Crippen molar-refractivity contribution < 1.29 is 12.8 Å². The molecule has 1 aliphatic rings. The van der Waals surface area contributed by atoms with E-state index >= 15 is 0 Å². The molecule has 1 aromatic heterocycles. The van der Waals surface area contributed by atoms with E-state index in [0.29, 0.717) is 12.6 Å². The van der Waals surface area contributed by atoms with Gasteiger partial charge in [-0.15, -0.1) is 0 Å². The van der Waals surface area contributed by atoms with Gasteiger partial charge in [0, 0.05) is 19.1 Å².